The van der Waals surface area contributed by atoms with Crippen molar-refractivity contribution in [2.75, 3.05) is 41.7 Å². The average molecular weight is 597 g/mol. The van der Waals surface area contributed by atoms with Crippen LogP contribution < -0.4 is 15.5 Å². The number of benzene rings is 3. The summed E-state index contributed by atoms with van der Waals surface area (Å²) < 4.78 is 0.897. The number of phenols is 1. The fraction of sp³-hybridized carbons (Fsp3) is 0.333. The summed E-state index contributed by atoms with van der Waals surface area (Å²) in [5.41, 5.74) is 3.75. The molecule has 0 atom stereocenters. The number of halogens is 2. The van der Waals surface area contributed by atoms with Gasteiger partial charge in [0.05, 0.1) is 27.3 Å². The second kappa shape index (κ2) is 10.7. The van der Waals surface area contributed by atoms with Crippen LogP contribution in [-0.4, -0.2) is 47.2 Å². The molecule has 3 N–H and O–H groups in total. The lowest BCUT2D eigenvalue weighted by atomic mass is 9.74. The number of hydrogen-bond acceptors (Lipinski definition) is 6. The van der Waals surface area contributed by atoms with E-state index in [-0.39, 0.29) is 11.2 Å². The molecule has 0 bridgehead atoms. The number of anilines is 4. The van der Waals surface area contributed by atoms with E-state index < -0.39 is 6.03 Å². The molecule has 6 rings (SSSR count). The lowest BCUT2D eigenvalue weighted by molar-refractivity contribution is 0.153. The summed E-state index contributed by atoms with van der Waals surface area (Å²) >= 11 is 14.3. The number of likely N-dealkylation sites (tertiary alicyclic amines) is 1. The molecule has 7 nitrogen and oxygen atoms in total. The van der Waals surface area contributed by atoms with Gasteiger partial charge in [-0.25, -0.2) is 9.78 Å². The first-order chi connectivity index (χ1) is 19.2. The van der Waals surface area contributed by atoms with E-state index >= 15 is 0 Å². The second-order valence-electron chi connectivity index (χ2n) is 11.1. The van der Waals surface area contributed by atoms with Crippen molar-refractivity contribution in [2.45, 2.75) is 32.1 Å². The van der Waals surface area contributed by atoms with Crippen molar-refractivity contribution in [2.24, 2.45) is 5.92 Å². The maximum Gasteiger partial charge on any atom is 0.325 e. The minimum Gasteiger partial charge on any atom is -0.506 e. The van der Waals surface area contributed by atoms with Gasteiger partial charge >= 0.3 is 6.03 Å². The van der Waals surface area contributed by atoms with Crippen molar-refractivity contribution in [1.82, 2.24) is 9.88 Å². The van der Waals surface area contributed by atoms with E-state index in [1.165, 1.54) is 11.3 Å². The summed E-state index contributed by atoms with van der Waals surface area (Å²) in [6.07, 6.45) is 1.90. The average Bonchev–Trinajstić information content (AvgIpc) is 3.46. The number of urea groups is 1. The third-order valence-corrected chi connectivity index (χ3v) is 9.30. The molecule has 2 aliphatic heterocycles. The fourth-order valence-corrected chi connectivity index (χ4v) is 7.60. The van der Waals surface area contributed by atoms with Crippen molar-refractivity contribution in [3.05, 3.63) is 70.2 Å². The molecule has 1 aromatic heterocycles. The third kappa shape index (κ3) is 5.09. The Morgan fingerprint density at radius 1 is 1.10 bits per heavy atom. The van der Waals surface area contributed by atoms with Gasteiger partial charge in [0.25, 0.3) is 0 Å². The normalized spacial score (nSPS) is 16.6. The Morgan fingerprint density at radius 3 is 2.65 bits per heavy atom. The van der Waals surface area contributed by atoms with E-state index in [2.05, 4.69) is 39.3 Å². The van der Waals surface area contributed by atoms with Crippen LogP contribution in [0.3, 0.4) is 0 Å². The molecule has 0 aliphatic carbocycles. The highest BCUT2D eigenvalue weighted by Crippen LogP contribution is 2.56. The Kier molecular flexibility index (Phi) is 7.29. The highest BCUT2D eigenvalue weighted by atomic mass is 35.5. The Balaban J connectivity index is 1.28. The van der Waals surface area contributed by atoms with Crippen LogP contribution in [0.25, 0.3) is 10.2 Å². The molecule has 1 saturated heterocycles. The minimum atomic E-state index is -0.399. The van der Waals surface area contributed by atoms with Crippen LogP contribution in [0.15, 0.2) is 54.6 Å². The largest absolute Gasteiger partial charge is 0.506 e. The number of fused-ring (bicyclic) bond motifs is 3. The zero-order valence-electron chi connectivity index (χ0n) is 22.4. The first kappa shape index (κ1) is 27.1. The van der Waals surface area contributed by atoms with E-state index in [0.29, 0.717) is 33.3 Å². The van der Waals surface area contributed by atoms with Gasteiger partial charge < -0.3 is 20.2 Å². The standard InChI is InChI=1S/C30H31Cl2N5O2S/c1-18(2)16-36-13-11-30(12-14-36)17-37(27-24(38)10-8-20(32)26(27)30)23-6-4-3-5-21(23)33-28(39)35-29-34-22-9-7-19(31)15-25(22)40-29/h3-10,15,18,38H,11-14,16-17H2,1-2H3,(H2,33,34,35,39). The van der Waals surface area contributed by atoms with Gasteiger partial charge in [0, 0.05) is 34.1 Å². The van der Waals surface area contributed by atoms with E-state index in [9.17, 15) is 9.90 Å². The van der Waals surface area contributed by atoms with Crippen molar-refractivity contribution in [3.63, 3.8) is 0 Å². The van der Waals surface area contributed by atoms with Crippen LogP contribution in [-0.2, 0) is 5.41 Å². The molecular formula is C30H31Cl2N5O2S. The molecule has 40 heavy (non-hydrogen) atoms. The maximum atomic E-state index is 13.1. The molecule has 4 aromatic rings. The third-order valence-electron chi connectivity index (χ3n) is 7.82. The Hall–Kier alpha value is -3.04. The fourth-order valence-electron chi connectivity index (χ4n) is 6.11. The second-order valence-corrected chi connectivity index (χ2v) is 13.0. The Morgan fingerprint density at radius 2 is 1.88 bits per heavy atom. The van der Waals surface area contributed by atoms with Crippen LogP contribution >= 0.6 is 34.5 Å². The quantitative estimate of drug-likeness (QED) is 0.217. The number of aromatic hydroxyl groups is 1. The van der Waals surface area contributed by atoms with Crippen LogP contribution in [0.4, 0.5) is 27.0 Å². The lowest BCUT2D eigenvalue weighted by Crippen LogP contribution is -2.45. The summed E-state index contributed by atoms with van der Waals surface area (Å²) in [5.74, 6) is 0.798. The van der Waals surface area contributed by atoms with Gasteiger partial charge in [-0.15, -0.1) is 0 Å². The number of piperidine rings is 1. The number of nitrogens with one attached hydrogen (secondary N) is 2. The van der Waals surface area contributed by atoms with Crippen LogP contribution in [0, 0.1) is 5.92 Å². The summed E-state index contributed by atoms with van der Waals surface area (Å²) in [5, 5.41) is 18.7. The van der Waals surface area contributed by atoms with Crippen molar-refractivity contribution < 1.29 is 9.90 Å². The first-order valence-electron chi connectivity index (χ1n) is 13.5. The van der Waals surface area contributed by atoms with Crippen molar-refractivity contribution in [3.8, 4) is 5.75 Å². The molecule has 2 aliphatic rings. The van der Waals surface area contributed by atoms with Gasteiger partial charge in [0.1, 0.15) is 5.75 Å². The number of thiazole rings is 1. The van der Waals surface area contributed by atoms with Gasteiger partial charge in [-0.1, -0.05) is 60.5 Å². The summed E-state index contributed by atoms with van der Waals surface area (Å²) in [6.45, 7) is 8.20. The summed E-state index contributed by atoms with van der Waals surface area (Å²) in [7, 11) is 0. The first-order valence-corrected chi connectivity index (χ1v) is 15.0. The van der Waals surface area contributed by atoms with Crippen LogP contribution in [0.1, 0.15) is 32.3 Å². The molecule has 1 fully saturated rings. The highest BCUT2D eigenvalue weighted by Gasteiger charge is 2.48. The number of amides is 2. The Labute approximate surface area is 247 Å². The summed E-state index contributed by atoms with van der Waals surface area (Å²) in [6, 6.07) is 16.1. The van der Waals surface area contributed by atoms with E-state index in [4.69, 9.17) is 23.2 Å². The number of phenolic OH excluding ortho intramolecular Hbond substituents is 1. The topological polar surface area (TPSA) is 80.7 Å². The molecule has 0 saturated carbocycles. The monoisotopic (exact) mass is 595 g/mol. The van der Waals surface area contributed by atoms with E-state index in [1.807, 2.05) is 36.4 Å². The van der Waals surface area contributed by atoms with Crippen molar-refractivity contribution >= 4 is 73.0 Å². The van der Waals surface area contributed by atoms with Crippen LogP contribution in [0.2, 0.25) is 10.0 Å². The van der Waals surface area contributed by atoms with Gasteiger partial charge in [-0.05, 0) is 74.3 Å². The molecule has 0 radical (unpaired) electrons. The van der Waals surface area contributed by atoms with Gasteiger partial charge in [-0.3, -0.25) is 5.32 Å². The number of carbonyl (C=O) groups is 1. The van der Waals surface area contributed by atoms with Crippen molar-refractivity contribution in [1.29, 1.82) is 0 Å². The highest BCUT2D eigenvalue weighted by molar-refractivity contribution is 7.22. The number of carbonyl (C=O) groups excluding carboxylic acids is 1. The zero-order valence-corrected chi connectivity index (χ0v) is 24.7. The molecule has 2 amide bonds. The number of nitrogens with zero attached hydrogens (tertiary/aromatic N) is 3. The van der Waals surface area contributed by atoms with Gasteiger partial charge in [-0.2, -0.15) is 0 Å². The molecule has 0 unspecified atom stereocenters. The van der Waals surface area contributed by atoms with Gasteiger partial charge in [0.2, 0.25) is 0 Å². The lowest BCUT2D eigenvalue weighted by Gasteiger charge is -2.41. The van der Waals surface area contributed by atoms with E-state index in [0.717, 1.165) is 59.6 Å². The van der Waals surface area contributed by atoms with E-state index in [1.54, 1.807) is 18.2 Å². The predicted octanol–water partition coefficient (Wildman–Crippen LogP) is 8.09. The number of aromatic nitrogens is 1. The zero-order chi connectivity index (χ0) is 28.0. The Bertz CT molecular complexity index is 1580. The minimum absolute atomic E-state index is 0.184. The predicted molar refractivity (Wildman–Crippen MR) is 166 cm³/mol. The molecule has 208 valence electrons. The molecular weight excluding hydrogens is 565 g/mol. The maximum absolute atomic E-state index is 13.1. The summed E-state index contributed by atoms with van der Waals surface area (Å²) in [4.78, 5) is 22.2. The van der Waals surface area contributed by atoms with Gasteiger partial charge in [0.15, 0.2) is 5.13 Å². The SMILES string of the molecule is CC(C)CN1CCC2(CC1)CN(c1ccccc1NC(=O)Nc1nc3ccc(Cl)cc3s1)c1c(O)ccc(Cl)c12. The molecule has 3 aromatic carbocycles. The smallest absolute Gasteiger partial charge is 0.325 e. The number of hydrogen-bond donors (Lipinski definition) is 3. The number of rotatable bonds is 5. The molecule has 3 heterocycles. The molecule has 1 spiro atoms. The number of para-hydroxylation sites is 2. The van der Waals surface area contributed by atoms with Crippen LogP contribution in [0.5, 0.6) is 5.75 Å². The molecule has 10 heteroatoms.